The Labute approximate surface area is 211 Å². The first kappa shape index (κ1) is 34.1. The Hall–Kier alpha value is 0.607. The maximum Gasteiger partial charge on any atom is 0.300 e. The summed E-state index contributed by atoms with van der Waals surface area (Å²) < 4.78 is 5.54. The van der Waals surface area contributed by atoms with E-state index in [2.05, 4.69) is 6.07 Å². The second kappa shape index (κ2) is 15.5. The summed E-state index contributed by atoms with van der Waals surface area (Å²) in [4.78, 5) is 12.2. The van der Waals surface area contributed by atoms with Crippen molar-refractivity contribution in [3.05, 3.63) is 56.0 Å². The molecule has 1 spiro atoms. The average molecular weight is 641 g/mol. The number of esters is 1. The summed E-state index contributed by atoms with van der Waals surface area (Å²) in [6.45, 7) is 5.91. The van der Waals surface area contributed by atoms with E-state index in [-0.39, 0.29) is 92.9 Å². The minimum Gasteiger partial charge on any atom is -0.517 e. The van der Waals surface area contributed by atoms with Crippen LogP contribution in [-0.4, -0.2) is 16.7 Å². The zero-order chi connectivity index (χ0) is 15.5. The minimum atomic E-state index is -0.763. The smallest absolute Gasteiger partial charge is 0.300 e. The van der Waals surface area contributed by atoms with Gasteiger partial charge >= 0.3 is 0 Å². The van der Waals surface area contributed by atoms with Crippen LogP contribution in [0, 0.1) is 27.8 Å². The Kier molecular flexibility index (Phi) is 20.4. The molecule has 0 atom stereocenters. The van der Waals surface area contributed by atoms with Gasteiger partial charge in [0.25, 0.3) is 5.97 Å². The van der Waals surface area contributed by atoms with E-state index in [1.54, 1.807) is 6.07 Å². The van der Waals surface area contributed by atoms with Crippen LogP contribution in [0.15, 0.2) is 24.0 Å². The monoisotopic (exact) mass is 641 g/mol. The van der Waals surface area contributed by atoms with E-state index in [4.69, 9.17) is 4.74 Å². The van der Waals surface area contributed by atoms with Gasteiger partial charge in [-0.1, -0.05) is 27.2 Å². The predicted molar refractivity (Wildman–Crippen MR) is 95.6 cm³/mol. The molecule has 0 bridgehead atoms. The van der Waals surface area contributed by atoms with Crippen LogP contribution in [0.5, 0.6) is 0 Å². The number of aliphatic hydroxyl groups excluding tert-OH is 1. The van der Waals surface area contributed by atoms with Gasteiger partial charge in [-0.15, -0.1) is 35.4 Å². The van der Waals surface area contributed by atoms with Crippen molar-refractivity contribution in [1.29, 1.82) is 0 Å². The van der Waals surface area contributed by atoms with Crippen LogP contribution in [0.25, 0.3) is 5.57 Å². The van der Waals surface area contributed by atoms with Crippen LogP contribution in [-0.2, 0) is 81.9 Å². The minimum absolute atomic E-state index is 0. The summed E-state index contributed by atoms with van der Waals surface area (Å²) in [5, 5.41) is 10.5. The van der Waals surface area contributed by atoms with Gasteiger partial charge in [-0.05, 0) is 25.7 Å². The summed E-state index contributed by atoms with van der Waals surface area (Å²) in [7, 11) is 0. The fourth-order valence-electron chi connectivity index (χ4n) is 3.07. The normalized spacial score (nSPS) is 16.2. The molecule has 144 valence electrons. The molecule has 2 aliphatic rings. The summed E-state index contributed by atoms with van der Waals surface area (Å²) >= 11 is 0. The van der Waals surface area contributed by atoms with Crippen molar-refractivity contribution >= 4 is 11.5 Å². The molecule has 2 radical (unpaired) electrons. The summed E-state index contributed by atoms with van der Waals surface area (Å²) in [5.41, 5.74) is 1.13. The average Bonchev–Trinajstić information content (AvgIpc) is 2.74. The van der Waals surface area contributed by atoms with Crippen molar-refractivity contribution in [1.82, 2.24) is 0 Å². The number of benzene rings is 1. The Balaban J connectivity index is -0.000000335. The molecule has 1 aromatic rings. The Bertz CT molecular complexity index is 570. The molecule has 26 heavy (non-hydrogen) atoms. The summed E-state index contributed by atoms with van der Waals surface area (Å²) in [5.74, 6) is -0.298. The molecule has 3 nitrogen and oxygen atoms in total. The molecule has 0 amide bonds. The van der Waals surface area contributed by atoms with Crippen molar-refractivity contribution in [2.24, 2.45) is 0 Å². The van der Waals surface area contributed by atoms with E-state index in [0.717, 1.165) is 37.7 Å². The van der Waals surface area contributed by atoms with Crippen LogP contribution < -0.4 is 0 Å². The molecule has 1 aliphatic heterocycles. The third kappa shape index (κ3) is 6.89. The molecule has 6 heteroatoms. The topological polar surface area (TPSA) is 46.5 Å². The van der Waals surface area contributed by atoms with Gasteiger partial charge in [0, 0.05) is 77.9 Å². The zero-order valence-corrected chi connectivity index (χ0v) is 23.6. The molecule has 1 aliphatic carbocycles. The molecule has 0 aromatic heterocycles. The SMILES string of the molecule is CC.Cc1ccc[c-]c1C1=C(O)C2(CCCCC2)OC1=O.[CH3-].[CH3-].[V].[W].[Y]. The molecule has 0 unspecified atom stereocenters. The van der Waals surface area contributed by atoms with Crippen LogP contribution in [0.1, 0.15) is 57.1 Å². The molecular formula is C20H29O3VWY-3. The van der Waals surface area contributed by atoms with E-state index in [9.17, 15) is 9.90 Å². The van der Waals surface area contributed by atoms with E-state index >= 15 is 0 Å². The van der Waals surface area contributed by atoms with Crippen LogP contribution in [0.3, 0.4) is 0 Å². The maximum atomic E-state index is 12.2. The van der Waals surface area contributed by atoms with Gasteiger partial charge in [-0.3, -0.25) is 4.79 Å². The molecule has 1 aromatic carbocycles. The first-order valence-electron chi connectivity index (χ1n) is 7.79. The summed E-state index contributed by atoms with van der Waals surface area (Å²) in [6, 6.07) is 8.57. The maximum absolute atomic E-state index is 12.2. The van der Waals surface area contributed by atoms with E-state index in [0.29, 0.717) is 11.1 Å². The zero-order valence-electron chi connectivity index (χ0n) is 16.5. The molecule has 1 fully saturated rings. The van der Waals surface area contributed by atoms with Crippen molar-refractivity contribution in [3.8, 4) is 0 Å². The Morgan fingerprint density at radius 3 is 2.19 bits per heavy atom. The van der Waals surface area contributed by atoms with E-state index in [1.165, 1.54) is 0 Å². The van der Waals surface area contributed by atoms with Gasteiger partial charge in [0.05, 0.1) is 0 Å². The van der Waals surface area contributed by atoms with E-state index in [1.807, 2.05) is 32.9 Å². The summed E-state index contributed by atoms with van der Waals surface area (Å²) in [6.07, 6.45) is 4.56. The van der Waals surface area contributed by atoms with Crippen molar-refractivity contribution in [2.45, 2.75) is 58.5 Å². The van der Waals surface area contributed by atoms with Gasteiger partial charge in [0.1, 0.15) is 5.76 Å². The standard InChI is InChI=1S/C16H17O3.C2H6.2CH3.V.W.Y/c1-11-7-3-4-8-12(11)13-14(17)16(19-15(13)18)9-5-2-6-10-16;1-2;;;;;/h3-4,7,17H,2,5-6,9-10H2,1H3;1-2H3;2*1H3;;;/q-1;;2*-1;;;. The van der Waals surface area contributed by atoms with Gasteiger partial charge in [0.15, 0.2) is 5.60 Å². The van der Waals surface area contributed by atoms with Gasteiger partial charge < -0.3 is 24.7 Å². The van der Waals surface area contributed by atoms with Crippen molar-refractivity contribution in [2.75, 3.05) is 0 Å². The number of carbonyl (C=O) groups excluding carboxylic acids is 1. The van der Waals surface area contributed by atoms with Crippen molar-refractivity contribution in [3.63, 3.8) is 0 Å². The second-order valence-corrected chi connectivity index (χ2v) is 5.40. The number of aliphatic hydroxyl groups is 1. The predicted octanol–water partition coefficient (Wildman–Crippen LogP) is 5.24. The van der Waals surface area contributed by atoms with Gasteiger partial charge in [-0.2, -0.15) is 0 Å². The largest absolute Gasteiger partial charge is 0.517 e. The van der Waals surface area contributed by atoms with E-state index < -0.39 is 11.6 Å². The fraction of sp³-hybridized carbons (Fsp3) is 0.450. The number of hydrogen-bond donors (Lipinski definition) is 1. The number of rotatable bonds is 1. The Morgan fingerprint density at radius 1 is 1.15 bits per heavy atom. The number of hydrogen-bond acceptors (Lipinski definition) is 3. The molecule has 3 rings (SSSR count). The second-order valence-electron chi connectivity index (χ2n) is 5.40. The third-order valence-electron chi connectivity index (χ3n) is 4.14. The molecule has 0 saturated heterocycles. The quantitative estimate of drug-likeness (QED) is 0.337. The molecular weight excluding hydrogens is 612 g/mol. The number of ether oxygens (including phenoxy) is 1. The Morgan fingerprint density at radius 2 is 1.69 bits per heavy atom. The van der Waals surface area contributed by atoms with Gasteiger partial charge in [-0.25, -0.2) is 0 Å². The number of aryl methyl sites for hydroxylation is 1. The van der Waals surface area contributed by atoms with Crippen molar-refractivity contribution < 1.29 is 87.0 Å². The molecule has 1 N–H and O–H groups in total. The fourth-order valence-corrected chi connectivity index (χ4v) is 3.07. The first-order valence-corrected chi connectivity index (χ1v) is 7.79. The molecule has 1 heterocycles. The van der Waals surface area contributed by atoms with Crippen LogP contribution in [0.2, 0.25) is 0 Å². The third-order valence-corrected chi connectivity index (χ3v) is 4.14. The van der Waals surface area contributed by atoms with Gasteiger partial charge in [0.2, 0.25) is 0 Å². The first-order chi connectivity index (χ1) is 10.1. The van der Waals surface area contributed by atoms with Crippen LogP contribution >= 0.6 is 0 Å². The number of carbonyl (C=O) groups is 1. The molecule has 1 saturated carbocycles. The van der Waals surface area contributed by atoms with Crippen LogP contribution in [0.4, 0.5) is 0 Å².